The zero-order valence-corrected chi connectivity index (χ0v) is 10.1. The van der Waals surface area contributed by atoms with Gasteiger partial charge < -0.3 is 4.42 Å². The first-order valence-electron chi connectivity index (χ1n) is 4.86. The molecule has 0 radical (unpaired) electrons. The minimum Gasteiger partial charge on any atom is -0.469 e. The van der Waals surface area contributed by atoms with Crippen molar-refractivity contribution >= 4 is 22.9 Å². The monoisotopic (exact) mass is 241 g/mol. The number of rotatable bonds is 4. The van der Waals surface area contributed by atoms with E-state index in [-0.39, 0.29) is 0 Å². The van der Waals surface area contributed by atoms with Gasteiger partial charge in [0.15, 0.2) is 0 Å². The van der Waals surface area contributed by atoms with Gasteiger partial charge in [0.25, 0.3) is 0 Å². The summed E-state index contributed by atoms with van der Waals surface area (Å²) in [6, 6.07) is 1.96. The lowest BCUT2D eigenvalue weighted by Crippen LogP contribution is -1.86. The number of furan rings is 1. The average Bonchev–Trinajstić information content (AvgIpc) is 2.83. The van der Waals surface area contributed by atoms with Crippen LogP contribution in [0, 0.1) is 6.92 Å². The van der Waals surface area contributed by atoms with E-state index in [0.29, 0.717) is 5.88 Å². The number of alkyl halides is 1. The highest BCUT2D eigenvalue weighted by atomic mass is 35.5. The summed E-state index contributed by atoms with van der Waals surface area (Å²) < 4.78 is 5.25. The normalized spacial score (nSPS) is 10.8. The molecule has 0 fully saturated rings. The van der Waals surface area contributed by atoms with Gasteiger partial charge in [0.1, 0.15) is 10.8 Å². The highest BCUT2D eigenvalue weighted by Crippen LogP contribution is 2.27. The molecule has 4 heteroatoms. The minimum atomic E-state index is 0.692. The number of nitrogens with zero attached hydrogens (tertiary/aromatic N) is 1. The van der Waals surface area contributed by atoms with E-state index in [2.05, 4.69) is 10.4 Å². The van der Waals surface area contributed by atoms with Crippen LogP contribution in [0.4, 0.5) is 0 Å². The maximum absolute atomic E-state index is 5.64. The summed E-state index contributed by atoms with van der Waals surface area (Å²) in [5.41, 5.74) is 2.22. The standard InChI is InChI=1S/C11H12ClNOS/c1-8-10(4-6-14-8)11-13-9(7-15-11)3-2-5-12/h4,6-7H,2-3,5H2,1H3. The van der Waals surface area contributed by atoms with Crippen LogP contribution in [0.2, 0.25) is 0 Å². The number of halogens is 1. The quantitative estimate of drug-likeness (QED) is 0.760. The van der Waals surface area contributed by atoms with Crippen molar-refractivity contribution in [3.63, 3.8) is 0 Å². The van der Waals surface area contributed by atoms with E-state index in [4.69, 9.17) is 16.0 Å². The molecule has 0 aliphatic carbocycles. The van der Waals surface area contributed by atoms with Crippen molar-refractivity contribution < 1.29 is 4.42 Å². The predicted molar refractivity (Wildman–Crippen MR) is 63.6 cm³/mol. The van der Waals surface area contributed by atoms with E-state index < -0.39 is 0 Å². The molecule has 0 saturated carbocycles. The Labute approximate surface area is 97.9 Å². The molecule has 0 aromatic carbocycles. The van der Waals surface area contributed by atoms with Crippen molar-refractivity contribution in [2.45, 2.75) is 19.8 Å². The zero-order chi connectivity index (χ0) is 10.7. The lowest BCUT2D eigenvalue weighted by Gasteiger charge is -1.92. The highest BCUT2D eigenvalue weighted by molar-refractivity contribution is 7.13. The first kappa shape index (κ1) is 10.7. The molecule has 80 valence electrons. The first-order valence-corrected chi connectivity index (χ1v) is 6.27. The summed E-state index contributed by atoms with van der Waals surface area (Å²) in [5.74, 6) is 1.62. The van der Waals surface area contributed by atoms with Crippen molar-refractivity contribution in [1.82, 2.24) is 4.98 Å². The summed E-state index contributed by atoms with van der Waals surface area (Å²) in [6.45, 7) is 1.95. The Morgan fingerprint density at radius 3 is 3.07 bits per heavy atom. The number of aromatic nitrogens is 1. The molecule has 0 bridgehead atoms. The van der Waals surface area contributed by atoms with Crippen LogP contribution in [0.25, 0.3) is 10.6 Å². The third-order valence-corrected chi connectivity index (χ3v) is 3.40. The third-order valence-electron chi connectivity index (χ3n) is 2.21. The molecule has 0 spiro atoms. The molecule has 2 aromatic rings. The van der Waals surface area contributed by atoms with E-state index in [1.54, 1.807) is 17.6 Å². The fourth-order valence-corrected chi connectivity index (χ4v) is 2.46. The van der Waals surface area contributed by atoms with Gasteiger partial charge in [0, 0.05) is 11.3 Å². The summed E-state index contributed by atoms with van der Waals surface area (Å²) in [7, 11) is 0. The molecule has 0 atom stereocenters. The van der Waals surface area contributed by atoms with E-state index in [9.17, 15) is 0 Å². The van der Waals surface area contributed by atoms with Gasteiger partial charge in [-0.05, 0) is 25.8 Å². The van der Waals surface area contributed by atoms with E-state index >= 15 is 0 Å². The maximum atomic E-state index is 5.64. The van der Waals surface area contributed by atoms with Crippen LogP contribution in [0.5, 0.6) is 0 Å². The second kappa shape index (κ2) is 4.81. The van der Waals surface area contributed by atoms with Crippen LogP contribution >= 0.6 is 22.9 Å². The zero-order valence-electron chi connectivity index (χ0n) is 8.50. The van der Waals surface area contributed by atoms with Crippen molar-refractivity contribution in [3.05, 3.63) is 29.2 Å². The van der Waals surface area contributed by atoms with Gasteiger partial charge in [-0.25, -0.2) is 4.98 Å². The van der Waals surface area contributed by atoms with Crippen LogP contribution < -0.4 is 0 Å². The van der Waals surface area contributed by atoms with Gasteiger partial charge in [0.2, 0.25) is 0 Å². The lowest BCUT2D eigenvalue weighted by atomic mass is 10.2. The molecule has 2 rings (SSSR count). The molecule has 0 unspecified atom stereocenters. The fraction of sp³-hybridized carbons (Fsp3) is 0.364. The smallest absolute Gasteiger partial charge is 0.127 e. The largest absolute Gasteiger partial charge is 0.469 e. The molecule has 0 amide bonds. The van der Waals surface area contributed by atoms with Crippen LogP contribution in [0.1, 0.15) is 17.9 Å². The van der Waals surface area contributed by atoms with E-state index in [1.165, 1.54) is 0 Å². The molecule has 0 saturated heterocycles. The molecule has 2 heterocycles. The van der Waals surface area contributed by atoms with Gasteiger partial charge in [-0.1, -0.05) is 0 Å². The molecule has 0 N–H and O–H groups in total. The summed E-state index contributed by atoms with van der Waals surface area (Å²) in [6.07, 6.45) is 3.64. The number of aryl methyl sites for hydroxylation is 2. The first-order chi connectivity index (χ1) is 7.31. The maximum Gasteiger partial charge on any atom is 0.127 e. The lowest BCUT2D eigenvalue weighted by molar-refractivity contribution is 0.535. The van der Waals surface area contributed by atoms with Crippen LogP contribution in [-0.2, 0) is 6.42 Å². The molecule has 2 nitrogen and oxygen atoms in total. The summed E-state index contributed by atoms with van der Waals surface area (Å²) in [4.78, 5) is 4.55. The molecular formula is C11H12ClNOS. The van der Waals surface area contributed by atoms with Gasteiger partial charge in [-0.15, -0.1) is 22.9 Å². The average molecular weight is 242 g/mol. The highest BCUT2D eigenvalue weighted by Gasteiger charge is 2.08. The van der Waals surface area contributed by atoms with Gasteiger partial charge in [-0.3, -0.25) is 0 Å². The van der Waals surface area contributed by atoms with Gasteiger partial charge in [0.05, 0.1) is 17.5 Å². The second-order valence-corrected chi connectivity index (χ2v) is 4.56. The SMILES string of the molecule is Cc1occc1-c1nc(CCCCl)cs1. The molecule has 15 heavy (non-hydrogen) atoms. The topological polar surface area (TPSA) is 26.0 Å². The molecule has 0 aliphatic rings. The Balaban J connectivity index is 2.17. The van der Waals surface area contributed by atoms with Crippen LogP contribution in [0.3, 0.4) is 0 Å². The Morgan fingerprint density at radius 2 is 2.40 bits per heavy atom. The van der Waals surface area contributed by atoms with Gasteiger partial charge >= 0.3 is 0 Å². The Bertz CT molecular complexity index is 435. The Kier molecular flexibility index (Phi) is 3.44. The summed E-state index contributed by atoms with van der Waals surface area (Å²) >= 11 is 7.30. The molecule has 0 aliphatic heterocycles. The second-order valence-electron chi connectivity index (χ2n) is 3.33. The fourth-order valence-electron chi connectivity index (χ4n) is 1.40. The van der Waals surface area contributed by atoms with Crippen molar-refractivity contribution in [2.24, 2.45) is 0 Å². The van der Waals surface area contributed by atoms with Crippen molar-refractivity contribution in [1.29, 1.82) is 0 Å². The van der Waals surface area contributed by atoms with Crippen LogP contribution in [-0.4, -0.2) is 10.9 Å². The summed E-state index contributed by atoms with van der Waals surface area (Å²) in [5, 5.41) is 3.12. The van der Waals surface area contributed by atoms with E-state index in [0.717, 1.165) is 34.9 Å². The number of hydrogen-bond acceptors (Lipinski definition) is 3. The molecule has 2 aromatic heterocycles. The Hall–Kier alpha value is -0.800. The minimum absolute atomic E-state index is 0.692. The Morgan fingerprint density at radius 1 is 1.53 bits per heavy atom. The van der Waals surface area contributed by atoms with E-state index in [1.807, 2.05) is 13.0 Å². The number of thiazole rings is 1. The third kappa shape index (κ3) is 2.41. The molecular weight excluding hydrogens is 230 g/mol. The van der Waals surface area contributed by atoms with Crippen LogP contribution in [0.15, 0.2) is 22.1 Å². The predicted octanol–water partition coefficient (Wildman–Crippen LogP) is 3.88. The van der Waals surface area contributed by atoms with Gasteiger partial charge in [-0.2, -0.15) is 0 Å². The van der Waals surface area contributed by atoms with Crippen molar-refractivity contribution in [3.8, 4) is 10.6 Å². The van der Waals surface area contributed by atoms with Crippen molar-refractivity contribution in [2.75, 3.05) is 5.88 Å². The number of hydrogen-bond donors (Lipinski definition) is 0.